The van der Waals surface area contributed by atoms with Crippen molar-refractivity contribution < 1.29 is 14.7 Å². The van der Waals surface area contributed by atoms with Crippen LogP contribution in [0.15, 0.2) is 5.38 Å². The first-order chi connectivity index (χ1) is 9.48. The summed E-state index contributed by atoms with van der Waals surface area (Å²) in [7, 11) is 0. The number of likely N-dealkylation sites (tertiary alicyclic amines) is 1. The number of hydrogen-bond donors (Lipinski definition) is 2. The second-order valence-corrected chi connectivity index (χ2v) is 5.90. The first kappa shape index (κ1) is 14.9. The van der Waals surface area contributed by atoms with Gasteiger partial charge in [0.25, 0.3) is 0 Å². The SMILES string of the molecule is CCC1(C(=O)O)CCCN1Cc1csc(NC(C)=O)n1. The highest BCUT2D eigenvalue weighted by atomic mass is 32.1. The maximum Gasteiger partial charge on any atom is 0.324 e. The lowest BCUT2D eigenvalue weighted by molar-refractivity contribution is -0.150. The summed E-state index contributed by atoms with van der Waals surface area (Å²) in [5, 5.41) is 14.6. The predicted octanol–water partition coefficient (Wildman–Crippen LogP) is 1.93. The van der Waals surface area contributed by atoms with Crippen LogP contribution in [0.4, 0.5) is 5.13 Å². The van der Waals surface area contributed by atoms with Crippen LogP contribution in [0.2, 0.25) is 0 Å². The van der Waals surface area contributed by atoms with E-state index in [-0.39, 0.29) is 5.91 Å². The van der Waals surface area contributed by atoms with Gasteiger partial charge in [0.1, 0.15) is 5.54 Å². The minimum absolute atomic E-state index is 0.152. The van der Waals surface area contributed by atoms with Gasteiger partial charge in [-0.25, -0.2) is 4.98 Å². The Kier molecular flexibility index (Phi) is 4.39. The Morgan fingerprint density at radius 2 is 2.35 bits per heavy atom. The molecule has 1 atom stereocenters. The van der Waals surface area contributed by atoms with Crippen molar-refractivity contribution in [2.75, 3.05) is 11.9 Å². The summed E-state index contributed by atoms with van der Waals surface area (Å²) in [5.74, 6) is -0.907. The van der Waals surface area contributed by atoms with Gasteiger partial charge in [-0.15, -0.1) is 11.3 Å². The molecular formula is C13H19N3O3S. The van der Waals surface area contributed by atoms with Crippen LogP contribution in [0.25, 0.3) is 0 Å². The number of rotatable bonds is 5. The zero-order valence-corrected chi connectivity index (χ0v) is 12.5. The van der Waals surface area contributed by atoms with Gasteiger partial charge in [-0.3, -0.25) is 14.5 Å². The van der Waals surface area contributed by atoms with Crippen molar-refractivity contribution in [3.8, 4) is 0 Å². The molecule has 6 nitrogen and oxygen atoms in total. The van der Waals surface area contributed by atoms with E-state index in [1.807, 2.05) is 17.2 Å². The van der Waals surface area contributed by atoms with Crippen molar-refractivity contribution in [3.63, 3.8) is 0 Å². The van der Waals surface area contributed by atoms with Crippen LogP contribution < -0.4 is 5.32 Å². The van der Waals surface area contributed by atoms with E-state index in [0.29, 0.717) is 24.5 Å². The van der Waals surface area contributed by atoms with Gasteiger partial charge in [0.15, 0.2) is 5.13 Å². The molecule has 1 aromatic heterocycles. The molecule has 1 aromatic rings. The molecule has 2 rings (SSSR count). The number of carbonyl (C=O) groups excluding carboxylic acids is 1. The standard InChI is InChI=1S/C13H19N3O3S/c1-3-13(11(18)19)5-4-6-16(13)7-10-8-20-12(15-10)14-9(2)17/h8H,3-7H2,1-2H3,(H,18,19)(H,14,15,17). The number of carboxylic acids is 1. The fourth-order valence-electron chi connectivity index (χ4n) is 2.74. The van der Waals surface area contributed by atoms with Crippen LogP contribution in [0.1, 0.15) is 38.8 Å². The second kappa shape index (κ2) is 5.88. The molecule has 1 saturated heterocycles. The number of carboxylic acid groups (broad SMARTS) is 1. The van der Waals surface area contributed by atoms with Gasteiger partial charge < -0.3 is 10.4 Å². The number of hydrogen-bond acceptors (Lipinski definition) is 5. The van der Waals surface area contributed by atoms with Gasteiger partial charge in [0.05, 0.1) is 5.69 Å². The Balaban J connectivity index is 2.10. The first-order valence-corrected chi connectivity index (χ1v) is 7.56. The van der Waals surface area contributed by atoms with Crippen LogP contribution in [0.5, 0.6) is 0 Å². The largest absolute Gasteiger partial charge is 0.480 e. The molecule has 1 amide bonds. The fourth-order valence-corrected chi connectivity index (χ4v) is 3.49. The third-order valence-corrected chi connectivity index (χ3v) is 4.60. The summed E-state index contributed by atoms with van der Waals surface area (Å²) in [5.41, 5.74) is 0.0392. The smallest absolute Gasteiger partial charge is 0.324 e. The number of anilines is 1. The monoisotopic (exact) mass is 297 g/mol. The van der Waals surface area contributed by atoms with E-state index in [4.69, 9.17) is 0 Å². The number of aromatic nitrogens is 1. The Morgan fingerprint density at radius 3 is 2.95 bits per heavy atom. The summed E-state index contributed by atoms with van der Waals surface area (Å²) >= 11 is 1.36. The normalized spacial score (nSPS) is 22.9. The molecular weight excluding hydrogens is 278 g/mol. The Labute approximate surface area is 121 Å². The van der Waals surface area contributed by atoms with Gasteiger partial charge >= 0.3 is 5.97 Å². The van der Waals surface area contributed by atoms with E-state index in [1.54, 1.807) is 0 Å². The zero-order chi connectivity index (χ0) is 14.8. The molecule has 2 heterocycles. The molecule has 2 N–H and O–H groups in total. The van der Waals surface area contributed by atoms with Gasteiger partial charge in [0, 0.05) is 18.8 Å². The number of nitrogens with one attached hydrogen (secondary N) is 1. The third kappa shape index (κ3) is 2.83. The summed E-state index contributed by atoms with van der Waals surface area (Å²) in [4.78, 5) is 28.9. The van der Waals surface area contributed by atoms with Crippen LogP contribution >= 0.6 is 11.3 Å². The third-order valence-electron chi connectivity index (χ3n) is 3.79. The molecule has 0 bridgehead atoms. The molecule has 1 aliphatic heterocycles. The molecule has 0 spiro atoms. The highest BCUT2D eigenvalue weighted by molar-refractivity contribution is 7.13. The molecule has 0 aliphatic carbocycles. The van der Waals surface area contributed by atoms with Crippen molar-refractivity contribution in [1.29, 1.82) is 0 Å². The predicted molar refractivity (Wildman–Crippen MR) is 76.7 cm³/mol. The van der Waals surface area contributed by atoms with Crippen molar-refractivity contribution in [3.05, 3.63) is 11.1 Å². The summed E-state index contributed by atoms with van der Waals surface area (Å²) in [6.07, 6.45) is 2.16. The minimum Gasteiger partial charge on any atom is -0.480 e. The molecule has 20 heavy (non-hydrogen) atoms. The number of aliphatic carboxylic acids is 1. The van der Waals surface area contributed by atoms with E-state index in [9.17, 15) is 14.7 Å². The van der Waals surface area contributed by atoms with Crippen LogP contribution in [-0.2, 0) is 16.1 Å². The van der Waals surface area contributed by atoms with Gasteiger partial charge in [-0.05, 0) is 25.8 Å². The molecule has 0 aromatic carbocycles. The zero-order valence-electron chi connectivity index (χ0n) is 11.7. The van der Waals surface area contributed by atoms with Crippen LogP contribution in [0.3, 0.4) is 0 Å². The second-order valence-electron chi connectivity index (χ2n) is 5.04. The average molecular weight is 297 g/mol. The fraction of sp³-hybridized carbons (Fsp3) is 0.615. The molecule has 1 unspecified atom stereocenters. The summed E-state index contributed by atoms with van der Waals surface area (Å²) < 4.78 is 0. The van der Waals surface area contributed by atoms with E-state index in [1.165, 1.54) is 18.3 Å². The number of thiazole rings is 1. The van der Waals surface area contributed by atoms with Gasteiger partial charge in [-0.1, -0.05) is 6.92 Å². The quantitative estimate of drug-likeness (QED) is 0.867. The first-order valence-electron chi connectivity index (χ1n) is 6.68. The van der Waals surface area contributed by atoms with E-state index < -0.39 is 11.5 Å². The summed E-state index contributed by atoms with van der Waals surface area (Å²) in [6.45, 7) is 4.63. The van der Waals surface area contributed by atoms with Gasteiger partial charge in [-0.2, -0.15) is 0 Å². The Hall–Kier alpha value is -1.47. The molecule has 1 aliphatic rings. The van der Waals surface area contributed by atoms with Crippen LogP contribution in [0, 0.1) is 0 Å². The number of nitrogens with zero attached hydrogens (tertiary/aromatic N) is 2. The maximum absolute atomic E-state index is 11.6. The van der Waals surface area contributed by atoms with Crippen molar-refractivity contribution in [2.24, 2.45) is 0 Å². The lowest BCUT2D eigenvalue weighted by Gasteiger charge is -2.33. The van der Waals surface area contributed by atoms with E-state index in [2.05, 4.69) is 10.3 Å². The van der Waals surface area contributed by atoms with E-state index in [0.717, 1.165) is 18.7 Å². The number of carbonyl (C=O) groups is 2. The molecule has 110 valence electrons. The topological polar surface area (TPSA) is 82.5 Å². The highest BCUT2D eigenvalue weighted by Crippen LogP contribution is 2.34. The molecule has 0 saturated carbocycles. The Bertz CT molecular complexity index is 517. The van der Waals surface area contributed by atoms with E-state index >= 15 is 0 Å². The maximum atomic E-state index is 11.6. The van der Waals surface area contributed by atoms with Gasteiger partial charge in [0.2, 0.25) is 5.91 Å². The lowest BCUT2D eigenvalue weighted by Crippen LogP contribution is -2.49. The summed E-state index contributed by atoms with van der Waals surface area (Å²) in [6, 6.07) is 0. The highest BCUT2D eigenvalue weighted by Gasteiger charge is 2.46. The molecule has 0 radical (unpaired) electrons. The van der Waals surface area contributed by atoms with Crippen LogP contribution in [-0.4, -0.2) is 39.0 Å². The minimum atomic E-state index is -0.766. The van der Waals surface area contributed by atoms with Crippen molar-refractivity contribution in [2.45, 2.75) is 45.2 Å². The Morgan fingerprint density at radius 1 is 1.60 bits per heavy atom. The lowest BCUT2D eigenvalue weighted by atomic mass is 9.93. The van der Waals surface area contributed by atoms with Crippen molar-refractivity contribution >= 4 is 28.3 Å². The average Bonchev–Trinajstić information content (AvgIpc) is 2.96. The number of amides is 1. The molecule has 1 fully saturated rings. The van der Waals surface area contributed by atoms with Crippen molar-refractivity contribution in [1.82, 2.24) is 9.88 Å². The molecule has 7 heteroatoms.